The molecule has 0 spiro atoms. The van der Waals surface area contributed by atoms with Gasteiger partial charge in [0.2, 0.25) is 0 Å². The first-order chi connectivity index (χ1) is 16.8. The van der Waals surface area contributed by atoms with E-state index in [2.05, 4.69) is 25.8 Å². The molecule has 4 rings (SSSR count). The van der Waals surface area contributed by atoms with Crippen LogP contribution in [0.2, 0.25) is 5.02 Å². The zero-order valence-electron chi connectivity index (χ0n) is 20.0. The molecule has 0 unspecified atom stereocenters. The lowest BCUT2D eigenvalue weighted by atomic mass is 10.1. The van der Waals surface area contributed by atoms with Crippen LogP contribution in [0.15, 0.2) is 50.8 Å². The van der Waals surface area contributed by atoms with Gasteiger partial charge in [0, 0.05) is 9.50 Å². The highest BCUT2D eigenvalue weighted by Crippen LogP contribution is 2.25. The largest absolute Gasteiger partial charge is 0.303 e. The fourth-order valence-electron chi connectivity index (χ4n) is 4.67. The Morgan fingerprint density at radius 3 is 2.57 bits per heavy atom. The van der Waals surface area contributed by atoms with Crippen LogP contribution in [-0.2, 0) is 22.8 Å². The summed E-state index contributed by atoms with van der Waals surface area (Å²) in [5.41, 5.74) is 2.05. The summed E-state index contributed by atoms with van der Waals surface area (Å²) < 4.78 is 27.4. The predicted molar refractivity (Wildman–Crippen MR) is 145 cm³/mol. The third kappa shape index (κ3) is 6.34. The van der Waals surface area contributed by atoms with Crippen LogP contribution in [0, 0.1) is 0 Å². The quantitative estimate of drug-likeness (QED) is 0.314. The number of likely N-dealkylation sites (tertiary alicyclic amines) is 1. The Morgan fingerprint density at radius 2 is 1.83 bits per heavy atom. The Balaban J connectivity index is 1.53. The van der Waals surface area contributed by atoms with Gasteiger partial charge in [0.25, 0.3) is 5.56 Å². The molecule has 1 saturated heterocycles. The SMILES string of the molecule is CCS(=O)(=O)c1ccc(Cl)cc1Cn1cnc2cc(CCCCN3CCCCC3)c(Br)cc2c1=O. The van der Waals surface area contributed by atoms with Crippen molar-refractivity contribution in [1.29, 1.82) is 0 Å². The molecule has 1 aromatic heterocycles. The summed E-state index contributed by atoms with van der Waals surface area (Å²) in [6, 6.07) is 8.48. The van der Waals surface area contributed by atoms with Gasteiger partial charge >= 0.3 is 0 Å². The Labute approximate surface area is 220 Å². The minimum Gasteiger partial charge on any atom is -0.303 e. The Kier molecular flexibility index (Phi) is 8.68. The fraction of sp³-hybridized carbons (Fsp3) is 0.462. The summed E-state index contributed by atoms with van der Waals surface area (Å²) in [6.07, 6.45) is 8.63. The van der Waals surface area contributed by atoms with E-state index in [1.807, 2.05) is 12.1 Å². The maximum atomic E-state index is 13.3. The van der Waals surface area contributed by atoms with Crippen molar-refractivity contribution in [3.8, 4) is 0 Å². The molecule has 0 saturated carbocycles. The van der Waals surface area contributed by atoms with E-state index >= 15 is 0 Å². The number of hydrogen-bond acceptors (Lipinski definition) is 5. The van der Waals surface area contributed by atoms with E-state index in [0.717, 1.165) is 35.8 Å². The van der Waals surface area contributed by atoms with Crippen LogP contribution in [0.1, 0.15) is 50.2 Å². The molecular formula is C26H31BrClN3O3S. The van der Waals surface area contributed by atoms with Crippen molar-refractivity contribution in [2.45, 2.75) is 56.9 Å². The first-order valence-electron chi connectivity index (χ1n) is 12.2. The van der Waals surface area contributed by atoms with E-state index in [4.69, 9.17) is 11.6 Å². The zero-order chi connectivity index (χ0) is 25.0. The summed E-state index contributed by atoms with van der Waals surface area (Å²) in [5.74, 6) is -0.0275. The second-order valence-electron chi connectivity index (χ2n) is 9.15. The van der Waals surface area contributed by atoms with Crippen LogP contribution in [0.5, 0.6) is 0 Å². The molecule has 1 aliphatic rings. The van der Waals surface area contributed by atoms with Crippen molar-refractivity contribution in [2.75, 3.05) is 25.4 Å². The first-order valence-corrected chi connectivity index (χ1v) is 15.0. The lowest BCUT2D eigenvalue weighted by molar-refractivity contribution is 0.225. The molecule has 0 radical (unpaired) electrons. The molecule has 35 heavy (non-hydrogen) atoms. The van der Waals surface area contributed by atoms with Crippen LogP contribution in [0.3, 0.4) is 0 Å². The third-order valence-corrected chi connectivity index (χ3v) is 9.49. The summed E-state index contributed by atoms with van der Waals surface area (Å²) in [4.78, 5) is 20.5. The standard InChI is InChI=1S/C26H31BrClN3O3S/c1-2-35(33,34)25-10-9-21(28)14-20(25)17-31-18-29-24-15-19(23(27)16-22(24)26(31)32)8-4-7-13-30-11-5-3-6-12-30/h9-10,14-16,18H,2-8,11-13,17H2,1H3. The molecule has 0 bridgehead atoms. The van der Waals surface area contributed by atoms with E-state index in [1.54, 1.807) is 19.1 Å². The van der Waals surface area contributed by atoms with Gasteiger partial charge in [-0.05, 0) is 93.2 Å². The van der Waals surface area contributed by atoms with Gasteiger partial charge in [-0.15, -0.1) is 0 Å². The number of fused-ring (bicyclic) bond motifs is 1. The molecule has 0 atom stereocenters. The third-order valence-electron chi connectivity index (χ3n) is 6.69. The van der Waals surface area contributed by atoms with Gasteiger partial charge in [0.1, 0.15) is 0 Å². The molecule has 0 aliphatic carbocycles. The number of hydrogen-bond donors (Lipinski definition) is 0. The van der Waals surface area contributed by atoms with Crippen molar-refractivity contribution < 1.29 is 8.42 Å². The Morgan fingerprint density at radius 1 is 1.06 bits per heavy atom. The van der Waals surface area contributed by atoms with Gasteiger partial charge in [0.05, 0.1) is 34.4 Å². The summed E-state index contributed by atoms with van der Waals surface area (Å²) in [6.45, 7) is 5.26. The average molecular weight is 581 g/mol. The highest BCUT2D eigenvalue weighted by atomic mass is 79.9. The van der Waals surface area contributed by atoms with Crippen molar-refractivity contribution in [1.82, 2.24) is 14.5 Å². The van der Waals surface area contributed by atoms with E-state index in [0.29, 0.717) is 21.5 Å². The molecule has 188 valence electrons. The average Bonchev–Trinajstić information content (AvgIpc) is 2.85. The van der Waals surface area contributed by atoms with E-state index in [9.17, 15) is 13.2 Å². The van der Waals surface area contributed by atoms with Crippen LogP contribution in [-0.4, -0.2) is 48.3 Å². The maximum absolute atomic E-state index is 13.3. The summed E-state index contributed by atoms with van der Waals surface area (Å²) in [7, 11) is -3.46. The number of sulfone groups is 1. The van der Waals surface area contributed by atoms with Crippen LogP contribution < -0.4 is 5.56 Å². The van der Waals surface area contributed by atoms with Crippen molar-refractivity contribution in [3.63, 3.8) is 0 Å². The van der Waals surface area contributed by atoms with Gasteiger partial charge < -0.3 is 4.90 Å². The van der Waals surface area contributed by atoms with Crippen LogP contribution >= 0.6 is 27.5 Å². The molecule has 2 heterocycles. The highest BCUT2D eigenvalue weighted by Gasteiger charge is 2.18. The summed E-state index contributed by atoms with van der Waals surface area (Å²) >= 11 is 9.78. The lowest BCUT2D eigenvalue weighted by Crippen LogP contribution is -2.30. The second kappa shape index (κ2) is 11.5. The minimum atomic E-state index is -3.46. The van der Waals surface area contributed by atoms with E-state index < -0.39 is 9.84 Å². The number of aromatic nitrogens is 2. The van der Waals surface area contributed by atoms with Gasteiger partial charge in [-0.25, -0.2) is 13.4 Å². The Bertz CT molecular complexity index is 1370. The lowest BCUT2D eigenvalue weighted by Gasteiger charge is -2.26. The van der Waals surface area contributed by atoms with Gasteiger partial charge in [0.15, 0.2) is 9.84 Å². The van der Waals surface area contributed by atoms with E-state index in [1.165, 1.54) is 49.3 Å². The van der Waals surface area contributed by atoms with Gasteiger partial charge in [-0.1, -0.05) is 40.9 Å². The smallest absolute Gasteiger partial charge is 0.261 e. The first kappa shape index (κ1) is 26.3. The van der Waals surface area contributed by atoms with E-state index in [-0.39, 0.29) is 22.8 Å². The molecule has 0 amide bonds. The molecule has 0 N–H and O–H groups in total. The molecular weight excluding hydrogens is 550 g/mol. The monoisotopic (exact) mass is 579 g/mol. The topological polar surface area (TPSA) is 72.3 Å². The normalized spacial score (nSPS) is 15.1. The molecule has 2 aromatic carbocycles. The minimum absolute atomic E-state index is 0.0275. The number of piperidine rings is 1. The molecule has 3 aromatic rings. The number of benzene rings is 2. The number of rotatable bonds is 9. The molecule has 9 heteroatoms. The fourth-order valence-corrected chi connectivity index (χ4v) is 6.52. The number of aryl methyl sites for hydroxylation is 1. The van der Waals surface area contributed by atoms with Crippen LogP contribution in [0.4, 0.5) is 0 Å². The highest BCUT2D eigenvalue weighted by molar-refractivity contribution is 9.10. The predicted octanol–water partition coefficient (Wildman–Crippen LogP) is 5.46. The van der Waals surface area contributed by atoms with Crippen molar-refractivity contribution in [2.24, 2.45) is 0 Å². The number of halogens is 2. The molecule has 6 nitrogen and oxygen atoms in total. The Hall–Kier alpha value is -1.74. The van der Waals surface area contributed by atoms with Gasteiger partial charge in [-0.3, -0.25) is 9.36 Å². The molecule has 1 fully saturated rings. The van der Waals surface area contributed by atoms with Crippen LogP contribution in [0.25, 0.3) is 10.9 Å². The number of nitrogens with zero attached hydrogens (tertiary/aromatic N) is 3. The number of unbranched alkanes of at least 4 members (excludes halogenated alkanes) is 1. The van der Waals surface area contributed by atoms with Gasteiger partial charge in [-0.2, -0.15) is 0 Å². The maximum Gasteiger partial charge on any atom is 0.261 e. The summed E-state index contributed by atoms with van der Waals surface area (Å²) in [5, 5.41) is 0.919. The second-order valence-corrected chi connectivity index (χ2v) is 12.7. The van der Waals surface area contributed by atoms with Crippen molar-refractivity contribution >= 4 is 48.3 Å². The van der Waals surface area contributed by atoms with Crippen molar-refractivity contribution in [3.05, 3.63) is 67.6 Å². The molecule has 1 aliphatic heterocycles. The zero-order valence-corrected chi connectivity index (χ0v) is 23.1.